The topological polar surface area (TPSA) is 72.7 Å². The average Bonchev–Trinajstić information content (AvgIpc) is 3.32. The first kappa shape index (κ1) is 18.0. The molecule has 2 aromatic heterocycles. The SMILES string of the molecule is CCn1c(SCC(=O)NC2C=CC=CC2)nnc1-c1cnc2c(c1)CCC2. The molecule has 0 aromatic carbocycles. The number of hydrogen-bond donors (Lipinski definition) is 1. The molecule has 4 rings (SSSR count). The number of nitrogens with one attached hydrogen (secondary N) is 1. The molecule has 1 amide bonds. The predicted octanol–water partition coefficient (Wildman–Crippen LogP) is 2.94. The summed E-state index contributed by atoms with van der Waals surface area (Å²) >= 11 is 1.42. The van der Waals surface area contributed by atoms with E-state index < -0.39 is 0 Å². The normalized spacial score (nSPS) is 17.9. The molecule has 1 N–H and O–H groups in total. The lowest BCUT2D eigenvalue weighted by atomic mass is 10.1. The van der Waals surface area contributed by atoms with Gasteiger partial charge >= 0.3 is 0 Å². The molecule has 2 aliphatic rings. The van der Waals surface area contributed by atoms with Crippen molar-refractivity contribution in [3.8, 4) is 11.4 Å². The van der Waals surface area contributed by atoms with Crippen molar-refractivity contribution >= 4 is 17.7 Å². The van der Waals surface area contributed by atoms with Crippen molar-refractivity contribution in [2.24, 2.45) is 0 Å². The van der Waals surface area contributed by atoms with Crippen LogP contribution in [0.15, 0.2) is 41.7 Å². The van der Waals surface area contributed by atoms with E-state index in [0.717, 1.165) is 42.4 Å². The zero-order chi connectivity index (χ0) is 18.6. The van der Waals surface area contributed by atoms with Gasteiger partial charge in [-0.3, -0.25) is 9.78 Å². The molecule has 140 valence electrons. The lowest BCUT2D eigenvalue weighted by Gasteiger charge is -2.14. The van der Waals surface area contributed by atoms with Crippen LogP contribution in [-0.2, 0) is 24.2 Å². The van der Waals surface area contributed by atoms with Gasteiger partial charge in [0.25, 0.3) is 0 Å². The Bertz CT molecular complexity index is 902. The minimum absolute atomic E-state index is 0.0105. The molecule has 1 unspecified atom stereocenters. The van der Waals surface area contributed by atoms with Gasteiger partial charge in [0, 0.05) is 24.0 Å². The number of allylic oxidation sites excluding steroid dienone is 2. The number of nitrogens with zero attached hydrogens (tertiary/aromatic N) is 4. The molecule has 0 saturated carbocycles. The zero-order valence-electron chi connectivity index (χ0n) is 15.4. The number of aryl methyl sites for hydroxylation is 2. The molecule has 2 aromatic rings. The molecule has 1 atom stereocenters. The van der Waals surface area contributed by atoms with E-state index in [9.17, 15) is 4.79 Å². The highest BCUT2D eigenvalue weighted by atomic mass is 32.2. The van der Waals surface area contributed by atoms with Gasteiger partial charge in [0.1, 0.15) is 0 Å². The first-order valence-electron chi connectivity index (χ1n) is 9.41. The molecule has 0 aliphatic heterocycles. The fraction of sp³-hybridized carbons (Fsp3) is 0.400. The summed E-state index contributed by atoms with van der Waals surface area (Å²) in [5.74, 6) is 1.16. The van der Waals surface area contributed by atoms with Gasteiger partial charge in [-0.05, 0) is 44.2 Å². The maximum Gasteiger partial charge on any atom is 0.230 e. The Balaban J connectivity index is 1.44. The number of amides is 1. The van der Waals surface area contributed by atoms with Crippen LogP contribution in [0.3, 0.4) is 0 Å². The van der Waals surface area contributed by atoms with Crippen molar-refractivity contribution in [1.82, 2.24) is 25.1 Å². The second-order valence-electron chi connectivity index (χ2n) is 6.75. The molecular weight excluding hydrogens is 358 g/mol. The number of carbonyl (C=O) groups excluding carboxylic acids is 1. The van der Waals surface area contributed by atoms with Crippen molar-refractivity contribution in [3.05, 3.63) is 47.8 Å². The predicted molar refractivity (Wildman–Crippen MR) is 107 cm³/mol. The molecule has 0 spiro atoms. The van der Waals surface area contributed by atoms with E-state index in [1.54, 1.807) is 0 Å². The van der Waals surface area contributed by atoms with E-state index in [1.807, 2.05) is 24.4 Å². The number of rotatable bonds is 6. The highest BCUT2D eigenvalue weighted by molar-refractivity contribution is 7.99. The lowest BCUT2D eigenvalue weighted by Crippen LogP contribution is -2.34. The van der Waals surface area contributed by atoms with Gasteiger partial charge in [-0.2, -0.15) is 0 Å². The van der Waals surface area contributed by atoms with Gasteiger partial charge in [-0.25, -0.2) is 0 Å². The maximum absolute atomic E-state index is 12.2. The van der Waals surface area contributed by atoms with Crippen LogP contribution in [0.4, 0.5) is 0 Å². The number of carbonyl (C=O) groups is 1. The quantitative estimate of drug-likeness (QED) is 0.779. The van der Waals surface area contributed by atoms with Gasteiger partial charge in [-0.1, -0.05) is 36.1 Å². The summed E-state index contributed by atoms with van der Waals surface area (Å²) in [6, 6.07) is 2.27. The first-order chi connectivity index (χ1) is 13.2. The standard InChI is InChI=1S/C20H23N5OS/c1-2-25-19(15-11-14-7-6-10-17(14)21-12-15)23-24-20(25)27-13-18(26)22-16-8-4-3-5-9-16/h3-5,8,11-12,16H,2,6-7,9-10,13H2,1H3,(H,22,26). The summed E-state index contributed by atoms with van der Waals surface area (Å²) in [5.41, 5.74) is 3.53. The zero-order valence-corrected chi connectivity index (χ0v) is 16.2. The number of thioether (sulfide) groups is 1. The highest BCUT2D eigenvalue weighted by Gasteiger charge is 2.18. The summed E-state index contributed by atoms with van der Waals surface area (Å²) in [4.78, 5) is 16.8. The van der Waals surface area contributed by atoms with Gasteiger partial charge in [0.2, 0.25) is 5.91 Å². The summed E-state index contributed by atoms with van der Waals surface area (Å²) in [6.45, 7) is 2.82. The van der Waals surface area contributed by atoms with E-state index in [1.165, 1.54) is 29.4 Å². The fourth-order valence-electron chi connectivity index (χ4n) is 3.51. The molecular formula is C20H23N5OS. The van der Waals surface area contributed by atoms with Crippen LogP contribution in [0.1, 0.15) is 31.0 Å². The van der Waals surface area contributed by atoms with Crippen LogP contribution in [0.5, 0.6) is 0 Å². The molecule has 7 heteroatoms. The molecule has 2 aliphatic carbocycles. The Hall–Kier alpha value is -2.41. The Morgan fingerprint density at radius 3 is 3.07 bits per heavy atom. The third kappa shape index (κ3) is 3.98. The van der Waals surface area contributed by atoms with Crippen molar-refractivity contribution < 1.29 is 4.79 Å². The molecule has 6 nitrogen and oxygen atoms in total. The Kier molecular flexibility index (Phi) is 5.38. The number of fused-ring (bicyclic) bond motifs is 1. The summed E-state index contributed by atoms with van der Waals surface area (Å²) in [6.07, 6.45) is 14.1. The second kappa shape index (κ2) is 8.08. The molecule has 2 heterocycles. The van der Waals surface area contributed by atoms with Gasteiger partial charge in [0.05, 0.1) is 11.8 Å². The van der Waals surface area contributed by atoms with Crippen LogP contribution in [0, 0.1) is 0 Å². The number of aromatic nitrogens is 4. The van der Waals surface area contributed by atoms with Crippen LogP contribution in [0.25, 0.3) is 11.4 Å². The van der Waals surface area contributed by atoms with E-state index in [2.05, 4.69) is 44.1 Å². The summed E-state index contributed by atoms with van der Waals surface area (Å²) in [5, 5.41) is 12.5. The summed E-state index contributed by atoms with van der Waals surface area (Å²) in [7, 11) is 0. The second-order valence-corrected chi connectivity index (χ2v) is 7.69. The Morgan fingerprint density at radius 2 is 2.26 bits per heavy atom. The number of pyridine rings is 1. The first-order valence-corrected chi connectivity index (χ1v) is 10.4. The molecule has 27 heavy (non-hydrogen) atoms. The third-order valence-electron chi connectivity index (χ3n) is 4.87. The van der Waals surface area contributed by atoms with Crippen LogP contribution >= 0.6 is 11.8 Å². The van der Waals surface area contributed by atoms with Crippen LogP contribution in [0.2, 0.25) is 0 Å². The average molecular weight is 382 g/mol. The molecule has 0 fully saturated rings. The van der Waals surface area contributed by atoms with E-state index in [0.29, 0.717) is 5.75 Å². The fourth-order valence-corrected chi connectivity index (χ4v) is 4.32. The Morgan fingerprint density at radius 1 is 1.33 bits per heavy atom. The minimum Gasteiger partial charge on any atom is -0.349 e. The van der Waals surface area contributed by atoms with Crippen molar-refractivity contribution in [2.45, 2.75) is 50.4 Å². The van der Waals surface area contributed by atoms with Crippen LogP contribution in [-0.4, -0.2) is 37.5 Å². The maximum atomic E-state index is 12.2. The van der Waals surface area contributed by atoms with Gasteiger partial charge < -0.3 is 9.88 Å². The smallest absolute Gasteiger partial charge is 0.230 e. The summed E-state index contributed by atoms with van der Waals surface area (Å²) < 4.78 is 2.06. The van der Waals surface area contributed by atoms with E-state index in [-0.39, 0.29) is 11.9 Å². The highest BCUT2D eigenvalue weighted by Crippen LogP contribution is 2.27. The third-order valence-corrected chi connectivity index (χ3v) is 5.84. The molecule has 0 saturated heterocycles. The van der Waals surface area contributed by atoms with Crippen molar-refractivity contribution in [2.75, 3.05) is 5.75 Å². The number of hydrogen-bond acceptors (Lipinski definition) is 5. The lowest BCUT2D eigenvalue weighted by molar-refractivity contribution is -0.118. The van der Waals surface area contributed by atoms with Crippen molar-refractivity contribution in [3.63, 3.8) is 0 Å². The van der Waals surface area contributed by atoms with Gasteiger partial charge in [-0.15, -0.1) is 10.2 Å². The minimum atomic E-state index is 0.0105. The molecule has 0 radical (unpaired) electrons. The van der Waals surface area contributed by atoms with E-state index in [4.69, 9.17) is 0 Å². The largest absolute Gasteiger partial charge is 0.349 e. The van der Waals surface area contributed by atoms with Gasteiger partial charge in [0.15, 0.2) is 11.0 Å². The van der Waals surface area contributed by atoms with Crippen LogP contribution < -0.4 is 5.32 Å². The monoisotopic (exact) mass is 381 g/mol. The van der Waals surface area contributed by atoms with E-state index >= 15 is 0 Å². The van der Waals surface area contributed by atoms with Crippen molar-refractivity contribution in [1.29, 1.82) is 0 Å². The molecule has 0 bridgehead atoms. The Labute approximate surface area is 163 Å².